The van der Waals surface area contributed by atoms with Crippen molar-refractivity contribution in [2.75, 3.05) is 26.0 Å². The van der Waals surface area contributed by atoms with E-state index >= 15 is 0 Å². The zero-order valence-electron chi connectivity index (χ0n) is 12.1. The van der Waals surface area contributed by atoms with Gasteiger partial charge in [-0.25, -0.2) is 4.39 Å². The lowest BCUT2D eigenvalue weighted by Crippen LogP contribution is -2.33. The third-order valence-electron chi connectivity index (χ3n) is 2.83. The first-order chi connectivity index (χ1) is 8.93. The summed E-state index contributed by atoms with van der Waals surface area (Å²) in [5.74, 6) is 0.0668. The summed E-state index contributed by atoms with van der Waals surface area (Å²) < 4.78 is 13.6. The van der Waals surface area contributed by atoms with Crippen LogP contribution in [-0.4, -0.2) is 31.6 Å². The highest BCUT2D eigenvalue weighted by molar-refractivity contribution is 5.58. The van der Waals surface area contributed by atoms with Crippen molar-refractivity contribution in [3.05, 3.63) is 29.6 Å². The molecule has 0 amide bonds. The van der Waals surface area contributed by atoms with E-state index in [4.69, 9.17) is 5.26 Å². The van der Waals surface area contributed by atoms with Crippen molar-refractivity contribution in [1.29, 1.82) is 5.26 Å². The van der Waals surface area contributed by atoms with Crippen LogP contribution in [0.3, 0.4) is 0 Å². The predicted octanol–water partition coefficient (Wildman–Crippen LogP) is 3.09. The Morgan fingerprint density at radius 2 is 2.05 bits per heavy atom. The van der Waals surface area contributed by atoms with Crippen molar-refractivity contribution in [2.45, 2.75) is 26.3 Å². The van der Waals surface area contributed by atoms with Gasteiger partial charge in [0.15, 0.2) is 0 Å². The Hall–Kier alpha value is -1.60. The average Bonchev–Trinajstić information content (AvgIpc) is 2.27. The van der Waals surface area contributed by atoms with E-state index in [1.54, 1.807) is 12.1 Å². The number of nitriles is 1. The van der Waals surface area contributed by atoms with Gasteiger partial charge in [-0.2, -0.15) is 5.26 Å². The number of nitrogens with one attached hydrogen (secondary N) is 1. The molecule has 0 aliphatic carbocycles. The molecule has 0 aliphatic rings. The van der Waals surface area contributed by atoms with Crippen molar-refractivity contribution >= 4 is 5.69 Å². The van der Waals surface area contributed by atoms with Gasteiger partial charge in [0.1, 0.15) is 17.4 Å². The zero-order chi connectivity index (χ0) is 14.4. The monoisotopic (exact) mass is 263 g/mol. The van der Waals surface area contributed by atoms with E-state index in [0.717, 1.165) is 13.0 Å². The molecule has 1 N–H and O–H groups in total. The van der Waals surface area contributed by atoms with Crippen LogP contribution in [0.25, 0.3) is 0 Å². The molecule has 104 valence electrons. The molecule has 0 heterocycles. The minimum Gasteiger partial charge on any atom is -0.380 e. The number of halogens is 1. The minimum absolute atomic E-state index is 0.0926. The van der Waals surface area contributed by atoms with Gasteiger partial charge in [-0.15, -0.1) is 0 Å². The molecular formula is C15H22FN3. The number of hydrogen-bond acceptors (Lipinski definition) is 3. The van der Waals surface area contributed by atoms with Crippen LogP contribution in [0.2, 0.25) is 0 Å². The first-order valence-corrected chi connectivity index (χ1v) is 6.54. The first-order valence-electron chi connectivity index (χ1n) is 6.54. The van der Waals surface area contributed by atoms with E-state index in [1.165, 1.54) is 6.07 Å². The second kappa shape index (κ2) is 7.10. The van der Waals surface area contributed by atoms with Crippen molar-refractivity contribution in [2.24, 2.45) is 5.92 Å². The number of benzene rings is 1. The topological polar surface area (TPSA) is 39.1 Å². The largest absolute Gasteiger partial charge is 0.380 e. The SMILES string of the molecule is CC(C)CC(CN(C)C)Nc1cccc(F)c1C#N. The van der Waals surface area contributed by atoms with Crippen LogP contribution >= 0.6 is 0 Å². The standard InChI is InChI=1S/C15H22FN3/c1-11(2)8-12(10-19(3)4)18-15-7-5-6-14(16)13(15)9-17/h5-7,11-12,18H,8,10H2,1-4H3. The number of likely N-dealkylation sites (N-methyl/N-ethyl adjacent to an activating group) is 1. The van der Waals surface area contributed by atoms with Crippen molar-refractivity contribution in [3.8, 4) is 6.07 Å². The van der Waals surface area contributed by atoms with E-state index in [-0.39, 0.29) is 11.6 Å². The Bertz CT molecular complexity index is 439. The molecule has 1 rings (SSSR count). The lowest BCUT2D eigenvalue weighted by Gasteiger charge is -2.25. The fraction of sp³-hybridized carbons (Fsp3) is 0.533. The lowest BCUT2D eigenvalue weighted by molar-refractivity contribution is 0.356. The van der Waals surface area contributed by atoms with E-state index in [1.807, 2.05) is 20.2 Å². The molecule has 3 nitrogen and oxygen atoms in total. The molecule has 0 aliphatic heterocycles. The highest BCUT2D eigenvalue weighted by Crippen LogP contribution is 2.20. The molecule has 0 saturated carbocycles. The smallest absolute Gasteiger partial charge is 0.143 e. The summed E-state index contributed by atoms with van der Waals surface area (Å²) in [5.41, 5.74) is 0.671. The lowest BCUT2D eigenvalue weighted by atomic mass is 10.0. The van der Waals surface area contributed by atoms with Crippen molar-refractivity contribution in [3.63, 3.8) is 0 Å². The van der Waals surface area contributed by atoms with Crippen LogP contribution in [0.15, 0.2) is 18.2 Å². The Morgan fingerprint density at radius 3 is 2.58 bits per heavy atom. The number of rotatable bonds is 6. The molecule has 4 heteroatoms. The maximum Gasteiger partial charge on any atom is 0.143 e. The Kier molecular flexibility index (Phi) is 5.78. The fourth-order valence-electron chi connectivity index (χ4n) is 2.17. The van der Waals surface area contributed by atoms with Crippen LogP contribution < -0.4 is 5.32 Å². The van der Waals surface area contributed by atoms with Crippen LogP contribution in [0.5, 0.6) is 0 Å². The molecular weight excluding hydrogens is 241 g/mol. The molecule has 19 heavy (non-hydrogen) atoms. The van der Waals surface area contributed by atoms with Gasteiger partial charge in [-0.3, -0.25) is 0 Å². The summed E-state index contributed by atoms with van der Waals surface area (Å²) in [6, 6.07) is 6.82. The maximum absolute atomic E-state index is 13.6. The second-order valence-corrected chi connectivity index (χ2v) is 5.51. The van der Waals surface area contributed by atoms with Crippen molar-refractivity contribution < 1.29 is 4.39 Å². The van der Waals surface area contributed by atoms with Crippen molar-refractivity contribution in [1.82, 2.24) is 4.90 Å². The van der Waals surface area contributed by atoms with E-state index in [0.29, 0.717) is 11.6 Å². The first kappa shape index (κ1) is 15.5. The van der Waals surface area contributed by atoms with Gasteiger partial charge in [-0.05, 0) is 38.6 Å². The second-order valence-electron chi connectivity index (χ2n) is 5.51. The molecule has 0 fully saturated rings. The van der Waals surface area contributed by atoms with Gasteiger partial charge in [0, 0.05) is 12.6 Å². The van der Waals surface area contributed by atoms with Gasteiger partial charge in [-0.1, -0.05) is 19.9 Å². The van der Waals surface area contributed by atoms with Gasteiger partial charge in [0.05, 0.1) is 5.69 Å². The maximum atomic E-state index is 13.6. The molecule has 1 aromatic rings. The van der Waals surface area contributed by atoms with Gasteiger partial charge >= 0.3 is 0 Å². The average molecular weight is 263 g/mol. The summed E-state index contributed by atoms with van der Waals surface area (Å²) in [7, 11) is 4.01. The van der Waals surface area contributed by atoms with Gasteiger partial charge < -0.3 is 10.2 Å². The van der Waals surface area contributed by atoms with Crippen LogP contribution in [0.4, 0.5) is 10.1 Å². The molecule has 0 saturated heterocycles. The van der Waals surface area contributed by atoms with E-state index in [2.05, 4.69) is 24.1 Å². The fourth-order valence-corrected chi connectivity index (χ4v) is 2.17. The number of anilines is 1. The molecule has 0 radical (unpaired) electrons. The van der Waals surface area contributed by atoms with Crippen LogP contribution in [0, 0.1) is 23.1 Å². The molecule has 0 spiro atoms. The summed E-state index contributed by atoms with van der Waals surface area (Å²) in [6.07, 6.45) is 0.972. The molecule has 0 aromatic heterocycles. The highest BCUT2D eigenvalue weighted by Gasteiger charge is 2.15. The third kappa shape index (κ3) is 4.88. The summed E-state index contributed by atoms with van der Waals surface area (Å²) in [5, 5.41) is 12.3. The normalized spacial score (nSPS) is 12.5. The Labute approximate surface area is 115 Å². The van der Waals surface area contributed by atoms with E-state index in [9.17, 15) is 4.39 Å². The van der Waals surface area contributed by atoms with Gasteiger partial charge in [0.2, 0.25) is 0 Å². The molecule has 1 aromatic carbocycles. The minimum atomic E-state index is -0.472. The van der Waals surface area contributed by atoms with Gasteiger partial charge in [0.25, 0.3) is 0 Å². The molecule has 0 bridgehead atoms. The van der Waals surface area contributed by atoms with E-state index < -0.39 is 5.82 Å². The Morgan fingerprint density at radius 1 is 1.37 bits per heavy atom. The summed E-state index contributed by atoms with van der Waals surface area (Å²) in [4.78, 5) is 2.09. The summed E-state index contributed by atoms with van der Waals surface area (Å²) >= 11 is 0. The number of hydrogen-bond donors (Lipinski definition) is 1. The number of nitrogens with zero attached hydrogens (tertiary/aromatic N) is 2. The molecule has 1 atom stereocenters. The molecule has 1 unspecified atom stereocenters. The highest BCUT2D eigenvalue weighted by atomic mass is 19.1. The summed E-state index contributed by atoms with van der Waals surface area (Å²) in [6.45, 7) is 5.15. The van der Waals surface area contributed by atoms with Crippen LogP contribution in [-0.2, 0) is 0 Å². The third-order valence-corrected chi connectivity index (χ3v) is 2.83. The zero-order valence-corrected chi connectivity index (χ0v) is 12.1. The van der Waals surface area contributed by atoms with Crippen LogP contribution in [0.1, 0.15) is 25.8 Å². The quantitative estimate of drug-likeness (QED) is 0.857. The predicted molar refractivity (Wildman–Crippen MR) is 76.5 cm³/mol. The Balaban J connectivity index is 2.90.